The van der Waals surface area contributed by atoms with Crippen LogP contribution in [0, 0.1) is 0 Å². The van der Waals surface area contributed by atoms with E-state index in [-0.39, 0.29) is 17.7 Å². The largest absolute Gasteiger partial charge is 0.463 e. The first-order valence-electron chi connectivity index (χ1n) is 22.6. The van der Waals surface area contributed by atoms with Crippen molar-refractivity contribution in [3.63, 3.8) is 0 Å². The average Bonchev–Trinajstić information content (AvgIpc) is 3.55. The maximum Gasteiger partial charge on any atom is 0.303 e. The van der Waals surface area contributed by atoms with Crippen molar-refractivity contribution in [2.75, 3.05) is 19.8 Å². The molecule has 2 aromatic rings. The molecule has 0 unspecified atom stereocenters. The second-order valence-electron chi connectivity index (χ2n) is 16.9. The van der Waals surface area contributed by atoms with Crippen LogP contribution in [0.2, 0.25) is 0 Å². The Morgan fingerprint density at radius 3 is 1.62 bits per heavy atom. The third kappa shape index (κ3) is 13.3. The van der Waals surface area contributed by atoms with Crippen LogP contribution in [0.4, 0.5) is 4.39 Å². The highest BCUT2D eigenvalue weighted by Crippen LogP contribution is 2.38. The molecule has 2 aromatic carbocycles. The zero-order valence-corrected chi connectivity index (χ0v) is 40.0. The molecule has 3 amide bonds. The first kappa shape index (κ1) is 54.8. The lowest BCUT2D eigenvalue weighted by molar-refractivity contribution is -0.348. The van der Waals surface area contributed by atoms with Crippen molar-refractivity contribution < 1.29 is 109 Å². The smallest absolute Gasteiger partial charge is 0.303 e. The second kappa shape index (κ2) is 24.3. The number of rotatable bonds is 18. The molecule has 15 atom stereocenters. The molecule has 0 spiro atoms. The Hall–Kier alpha value is -6.48. The van der Waals surface area contributed by atoms with Crippen molar-refractivity contribution in [2.24, 2.45) is 0 Å². The number of aliphatic hydroxyl groups is 1. The Morgan fingerprint density at radius 2 is 1.07 bits per heavy atom. The van der Waals surface area contributed by atoms with Gasteiger partial charge in [-0.15, -0.1) is 0 Å². The van der Waals surface area contributed by atoms with E-state index in [0.29, 0.717) is 10.5 Å². The topological polar surface area (TPSA) is 300 Å². The number of hydrogen-bond acceptors (Lipinski definition) is 22. The number of fused-ring (bicyclic) bond motifs is 1. The van der Waals surface area contributed by atoms with E-state index >= 15 is 4.39 Å². The highest BCUT2D eigenvalue weighted by molar-refractivity contribution is 6.21. The summed E-state index contributed by atoms with van der Waals surface area (Å²) in [5.74, 6) is -8.07. The number of nitrogens with zero attached hydrogens (tertiary/aromatic N) is 1. The fourth-order valence-electron chi connectivity index (χ4n) is 8.57. The van der Waals surface area contributed by atoms with E-state index in [1.54, 1.807) is 30.3 Å². The lowest BCUT2D eigenvalue weighted by atomic mass is 9.94. The van der Waals surface area contributed by atoms with Gasteiger partial charge in [0.15, 0.2) is 49.5 Å². The number of alkyl halides is 1. The van der Waals surface area contributed by atoms with Gasteiger partial charge in [-0.05, 0) is 17.7 Å². The summed E-state index contributed by atoms with van der Waals surface area (Å²) in [6.45, 7) is 4.78. The number of imide groups is 1. The summed E-state index contributed by atoms with van der Waals surface area (Å²) < 4.78 is 85.8. The quantitative estimate of drug-likeness (QED) is 0.117. The van der Waals surface area contributed by atoms with Crippen LogP contribution in [-0.4, -0.2) is 175 Å². The van der Waals surface area contributed by atoms with Gasteiger partial charge in [0.05, 0.1) is 24.3 Å². The summed E-state index contributed by atoms with van der Waals surface area (Å²) in [6, 6.07) is 11.1. The minimum Gasteiger partial charge on any atom is -0.463 e. The number of carbonyl (C=O) groups excluding carboxylic acids is 9. The van der Waals surface area contributed by atoms with Crippen LogP contribution in [0.1, 0.15) is 74.7 Å². The third-order valence-corrected chi connectivity index (χ3v) is 11.4. The minimum atomic E-state index is -2.29. The van der Waals surface area contributed by atoms with E-state index in [1.807, 2.05) is 0 Å². The predicted octanol–water partition coefficient (Wildman–Crippen LogP) is 0.501. The summed E-state index contributed by atoms with van der Waals surface area (Å²) in [5, 5.41) is 15.0. The van der Waals surface area contributed by atoms with Crippen molar-refractivity contribution in [3.05, 3.63) is 71.3 Å². The van der Waals surface area contributed by atoms with Crippen LogP contribution in [-0.2, 0) is 97.0 Å². The molecule has 24 nitrogen and oxygen atoms in total. The molecule has 0 saturated carbocycles. The number of amides is 3. The Kier molecular flexibility index (Phi) is 18.5. The van der Waals surface area contributed by atoms with Gasteiger partial charge in [0.25, 0.3) is 11.8 Å². The van der Waals surface area contributed by atoms with E-state index in [9.17, 15) is 48.3 Å². The third-order valence-electron chi connectivity index (χ3n) is 11.4. The Morgan fingerprint density at radius 1 is 0.569 bits per heavy atom. The van der Waals surface area contributed by atoms with Crippen LogP contribution < -0.4 is 5.32 Å². The van der Waals surface area contributed by atoms with Gasteiger partial charge in [-0.2, -0.15) is 0 Å². The van der Waals surface area contributed by atoms with Gasteiger partial charge in [0, 0.05) is 48.5 Å². The monoisotopic (exact) mass is 1020 g/mol. The van der Waals surface area contributed by atoms with Crippen LogP contribution in [0.5, 0.6) is 0 Å². The molecule has 4 aliphatic rings. The second-order valence-corrected chi connectivity index (χ2v) is 16.9. The standard InChI is InChI=1S/C47H55FN2O22/c1-21(51)49-35-40(72-47-42(68-27(7)57)39(66-25(5)55)34(48)31(69-47)18-61-22(2)52)37(58)32(70-45(35)63-17-28-13-9-8-10-14-28)19-64-46-36(50-43(59)29-15-11-12-16-30(29)44(50)60)41(67-26(6)56)38(65-24(4)54)33(71-46)20-62-23(3)53/h8-16,31-42,45-47,58H,17-20H2,1-7H3,(H,49,51)/t31-,32-,33-,34+,35-,36-,37+,38-,39+,40-,41-,42-,45+,46-,47+/m1/s1. The molecule has 0 radical (unpaired) electrons. The van der Waals surface area contributed by atoms with E-state index in [1.165, 1.54) is 24.3 Å². The van der Waals surface area contributed by atoms with Gasteiger partial charge in [-0.25, -0.2) is 4.39 Å². The highest BCUT2D eigenvalue weighted by atomic mass is 19.1. The summed E-state index contributed by atoms with van der Waals surface area (Å²) in [4.78, 5) is 116. The van der Waals surface area contributed by atoms with E-state index in [0.717, 1.165) is 48.5 Å². The molecule has 72 heavy (non-hydrogen) atoms. The molecule has 0 bridgehead atoms. The van der Waals surface area contributed by atoms with E-state index in [2.05, 4.69) is 5.32 Å². The normalized spacial score (nSPS) is 31.1. The van der Waals surface area contributed by atoms with Crippen LogP contribution in [0.3, 0.4) is 0 Å². The maximum atomic E-state index is 16.2. The lowest BCUT2D eigenvalue weighted by Gasteiger charge is -2.49. The number of ether oxygens (including phenoxy) is 12. The Labute approximate surface area is 410 Å². The molecule has 0 aliphatic carbocycles. The molecule has 2 N–H and O–H groups in total. The van der Waals surface area contributed by atoms with Crippen molar-refractivity contribution in [3.8, 4) is 0 Å². The van der Waals surface area contributed by atoms with Gasteiger partial charge in [-0.3, -0.25) is 48.1 Å². The summed E-state index contributed by atoms with van der Waals surface area (Å²) in [6.07, 6.45) is -23.7. The SMILES string of the molecule is CC(=O)N[C@H]1[C@@H](OCc2ccccc2)O[C@H](CO[C@@H]2O[C@H](COC(C)=O)[C@@H](OC(C)=O)[C@H](OC(C)=O)[C@H]2N2C(=O)c3ccccc3C2=O)[C@H](O)[C@@H]1O[C@@H]1O[C@H](COC(C)=O)[C@H](F)[C@H](OC(C)=O)[C@H]1OC(C)=O. The zero-order chi connectivity index (χ0) is 52.6. The molecule has 4 heterocycles. The summed E-state index contributed by atoms with van der Waals surface area (Å²) in [7, 11) is 0. The number of carbonyl (C=O) groups is 9. The van der Waals surface area contributed by atoms with Gasteiger partial charge >= 0.3 is 35.8 Å². The summed E-state index contributed by atoms with van der Waals surface area (Å²) >= 11 is 0. The number of nitrogens with one attached hydrogen (secondary N) is 1. The van der Waals surface area contributed by atoms with Gasteiger partial charge in [0.1, 0.15) is 55.8 Å². The molecular weight excluding hydrogens is 964 g/mol. The fourth-order valence-corrected chi connectivity index (χ4v) is 8.57. The molecule has 3 saturated heterocycles. The maximum absolute atomic E-state index is 16.2. The molecule has 3 fully saturated rings. The van der Waals surface area contributed by atoms with Crippen LogP contribution in [0.25, 0.3) is 0 Å². The van der Waals surface area contributed by atoms with Gasteiger partial charge in [0.2, 0.25) is 5.91 Å². The Bertz CT molecular complexity index is 2300. The summed E-state index contributed by atoms with van der Waals surface area (Å²) in [5.41, 5.74) is 0.502. The zero-order valence-electron chi connectivity index (χ0n) is 40.0. The highest BCUT2D eigenvalue weighted by Gasteiger charge is 2.59. The molecule has 0 aromatic heterocycles. The van der Waals surface area contributed by atoms with Crippen molar-refractivity contribution in [1.82, 2.24) is 10.2 Å². The molecule has 25 heteroatoms. The average molecular weight is 1020 g/mol. The van der Waals surface area contributed by atoms with Crippen molar-refractivity contribution >= 4 is 53.5 Å². The van der Waals surface area contributed by atoms with Crippen LogP contribution in [0.15, 0.2) is 54.6 Å². The molecule has 392 valence electrons. The van der Waals surface area contributed by atoms with E-state index < -0.39 is 165 Å². The minimum absolute atomic E-state index is 0.0514. The van der Waals surface area contributed by atoms with E-state index in [4.69, 9.17) is 56.8 Å². The lowest BCUT2D eigenvalue weighted by Crippen LogP contribution is -2.69. The number of aliphatic hydroxyl groups excluding tert-OH is 1. The number of halogens is 1. The van der Waals surface area contributed by atoms with Crippen molar-refractivity contribution in [2.45, 2.75) is 147 Å². The fraction of sp³-hybridized carbons (Fsp3) is 0.553. The molecular formula is C47H55FN2O22. The first-order chi connectivity index (χ1) is 34.1. The number of benzene rings is 2. The first-order valence-corrected chi connectivity index (χ1v) is 22.6. The number of esters is 6. The molecule has 4 aliphatic heterocycles. The van der Waals surface area contributed by atoms with Gasteiger partial charge in [-0.1, -0.05) is 42.5 Å². The predicted molar refractivity (Wildman–Crippen MR) is 233 cm³/mol. The molecule has 6 rings (SSSR count). The van der Waals surface area contributed by atoms with Crippen molar-refractivity contribution in [1.29, 1.82) is 0 Å². The number of hydrogen-bond donors (Lipinski definition) is 2. The van der Waals surface area contributed by atoms with Crippen LogP contribution >= 0.6 is 0 Å². The van der Waals surface area contributed by atoms with Gasteiger partial charge < -0.3 is 67.3 Å². The Balaban J connectivity index is 1.42.